The molecule has 2 saturated carbocycles. The van der Waals surface area contributed by atoms with E-state index in [2.05, 4.69) is 5.32 Å². The first-order valence-electron chi connectivity index (χ1n) is 8.80. The second-order valence-electron chi connectivity index (χ2n) is 7.52. The first kappa shape index (κ1) is 21.2. The Balaban J connectivity index is 0.00000243. The van der Waals surface area contributed by atoms with Crippen molar-refractivity contribution in [3.63, 3.8) is 0 Å². The first-order valence-corrected chi connectivity index (χ1v) is 10.2. The molecule has 2 aliphatic rings. The summed E-state index contributed by atoms with van der Waals surface area (Å²) in [6, 6.07) is 6.45. The van der Waals surface area contributed by atoms with Gasteiger partial charge in [-0.3, -0.25) is 4.79 Å². The van der Waals surface area contributed by atoms with Crippen molar-refractivity contribution in [3.8, 4) is 0 Å². The standard InChI is InChI=1S/C18H27N3O3S.ClH/c1-11(12-6-8-15(9-7-12)25(23,24)21(2)3)20-18(22)16-13-4-5-14(10-13)17(16)19;/h6-9,11,13-14,16-17H,4-5,10,19H2,1-3H3,(H,20,22);1H. The highest BCUT2D eigenvalue weighted by molar-refractivity contribution is 7.89. The number of hydrogen-bond acceptors (Lipinski definition) is 4. The molecule has 1 aromatic rings. The van der Waals surface area contributed by atoms with Crippen LogP contribution in [0.5, 0.6) is 0 Å². The normalized spacial score (nSPS) is 28.7. The second kappa shape index (κ2) is 7.84. The van der Waals surface area contributed by atoms with Crippen molar-refractivity contribution in [3.05, 3.63) is 29.8 Å². The third-order valence-corrected chi connectivity index (χ3v) is 7.63. The molecule has 0 saturated heterocycles. The lowest BCUT2D eigenvalue weighted by molar-refractivity contribution is -0.127. The van der Waals surface area contributed by atoms with Crippen LogP contribution in [0.3, 0.4) is 0 Å². The zero-order chi connectivity index (χ0) is 18.4. The number of halogens is 1. The zero-order valence-electron chi connectivity index (χ0n) is 15.4. The highest BCUT2D eigenvalue weighted by Crippen LogP contribution is 2.47. The maximum absolute atomic E-state index is 12.7. The SMILES string of the molecule is CC(NC(=O)C1C2CCC(C2)C1N)c1ccc(S(=O)(=O)N(C)C)cc1.Cl. The Morgan fingerprint density at radius 2 is 1.77 bits per heavy atom. The van der Waals surface area contributed by atoms with Crippen LogP contribution < -0.4 is 11.1 Å². The number of nitrogens with one attached hydrogen (secondary N) is 1. The number of rotatable bonds is 5. The Kier molecular flexibility index (Phi) is 6.38. The molecular formula is C18H28ClN3O3S. The Hall–Kier alpha value is -1.15. The summed E-state index contributed by atoms with van der Waals surface area (Å²) in [5.74, 6) is 0.846. The average molecular weight is 402 g/mol. The van der Waals surface area contributed by atoms with Gasteiger partial charge in [0.1, 0.15) is 0 Å². The molecule has 146 valence electrons. The number of nitrogens with two attached hydrogens (primary N) is 1. The minimum atomic E-state index is -3.44. The molecule has 2 bridgehead atoms. The molecule has 26 heavy (non-hydrogen) atoms. The maximum atomic E-state index is 12.7. The molecule has 5 unspecified atom stereocenters. The highest BCUT2D eigenvalue weighted by Gasteiger charge is 2.49. The van der Waals surface area contributed by atoms with Crippen LogP contribution in [-0.2, 0) is 14.8 Å². The molecule has 6 nitrogen and oxygen atoms in total. The van der Waals surface area contributed by atoms with E-state index in [4.69, 9.17) is 5.73 Å². The fourth-order valence-electron chi connectivity index (χ4n) is 4.26. The van der Waals surface area contributed by atoms with E-state index in [1.165, 1.54) is 18.4 Å². The number of carbonyl (C=O) groups excluding carboxylic acids is 1. The fourth-order valence-corrected chi connectivity index (χ4v) is 5.16. The predicted molar refractivity (Wildman–Crippen MR) is 103 cm³/mol. The van der Waals surface area contributed by atoms with Gasteiger partial charge >= 0.3 is 0 Å². The number of carbonyl (C=O) groups is 1. The molecule has 1 amide bonds. The monoisotopic (exact) mass is 401 g/mol. The summed E-state index contributed by atoms with van der Waals surface area (Å²) < 4.78 is 25.4. The van der Waals surface area contributed by atoms with Crippen molar-refractivity contribution in [1.29, 1.82) is 0 Å². The number of sulfonamides is 1. The Labute approximate surface area is 162 Å². The lowest BCUT2D eigenvalue weighted by Crippen LogP contribution is -2.45. The molecule has 1 aromatic carbocycles. The fraction of sp³-hybridized carbons (Fsp3) is 0.611. The Morgan fingerprint density at radius 1 is 1.19 bits per heavy atom. The molecule has 3 N–H and O–H groups in total. The molecule has 8 heteroatoms. The number of benzene rings is 1. The van der Waals surface area contributed by atoms with Gasteiger partial charge in [-0.05, 0) is 55.7 Å². The van der Waals surface area contributed by atoms with Gasteiger partial charge in [0.05, 0.1) is 16.9 Å². The molecule has 0 radical (unpaired) electrons. The van der Waals surface area contributed by atoms with E-state index >= 15 is 0 Å². The van der Waals surface area contributed by atoms with Gasteiger partial charge in [-0.25, -0.2) is 12.7 Å². The quantitative estimate of drug-likeness (QED) is 0.788. The van der Waals surface area contributed by atoms with E-state index < -0.39 is 10.0 Å². The van der Waals surface area contributed by atoms with E-state index in [0.29, 0.717) is 11.8 Å². The van der Waals surface area contributed by atoms with Crippen molar-refractivity contribution in [1.82, 2.24) is 9.62 Å². The van der Waals surface area contributed by atoms with Crippen LogP contribution in [0.15, 0.2) is 29.2 Å². The summed E-state index contributed by atoms with van der Waals surface area (Å²) in [6.07, 6.45) is 3.32. The summed E-state index contributed by atoms with van der Waals surface area (Å²) in [5.41, 5.74) is 7.12. The van der Waals surface area contributed by atoms with Gasteiger partial charge in [0.25, 0.3) is 0 Å². The lowest BCUT2D eigenvalue weighted by atomic mass is 9.84. The average Bonchev–Trinajstić information content (AvgIpc) is 3.15. The van der Waals surface area contributed by atoms with E-state index in [1.807, 2.05) is 6.92 Å². The molecular weight excluding hydrogens is 374 g/mol. The van der Waals surface area contributed by atoms with Crippen LogP contribution in [0, 0.1) is 17.8 Å². The van der Waals surface area contributed by atoms with Crippen molar-refractivity contribution in [2.24, 2.45) is 23.5 Å². The van der Waals surface area contributed by atoms with Crippen molar-refractivity contribution in [2.45, 2.75) is 43.2 Å². The maximum Gasteiger partial charge on any atom is 0.242 e. The van der Waals surface area contributed by atoms with Crippen molar-refractivity contribution in [2.75, 3.05) is 14.1 Å². The number of nitrogens with zero attached hydrogens (tertiary/aromatic N) is 1. The van der Waals surface area contributed by atoms with Gasteiger partial charge < -0.3 is 11.1 Å². The first-order chi connectivity index (χ1) is 11.7. The number of amides is 1. The highest BCUT2D eigenvalue weighted by atomic mass is 35.5. The zero-order valence-corrected chi connectivity index (χ0v) is 17.0. The third kappa shape index (κ3) is 3.76. The molecule has 0 aliphatic heterocycles. The van der Waals surface area contributed by atoms with Crippen LogP contribution in [0.25, 0.3) is 0 Å². The van der Waals surface area contributed by atoms with Crippen molar-refractivity contribution >= 4 is 28.3 Å². The van der Waals surface area contributed by atoms with Crippen LogP contribution in [0.1, 0.15) is 37.8 Å². The summed E-state index contributed by atoms with van der Waals surface area (Å²) in [6.45, 7) is 1.91. The molecule has 0 aromatic heterocycles. The van der Waals surface area contributed by atoms with Gasteiger partial charge in [0, 0.05) is 20.1 Å². The molecule has 2 aliphatic carbocycles. The van der Waals surface area contributed by atoms with Gasteiger partial charge in [0.15, 0.2) is 0 Å². The number of fused-ring (bicyclic) bond motifs is 2. The number of hydrogen-bond donors (Lipinski definition) is 2. The van der Waals surface area contributed by atoms with E-state index in [9.17, 15) is 13.2 Å². The van der Waals surface area contributed by atoms with Crippen LogP contribution in [0.4, 0.5) is 0 Å². The van der Waals surface area contributed by atoms with Crippen LogP contribution >= 0.6 is 12.4 Å². The lowest BCUT2D eigenvalue weighted by Gasteiger charge is -2.28. The van der Waals surface area contributed by atoms with Gasteiger partial charge in [-0.2, -0.15) is 0 Å². The van der Waals surface area contributed by atoms with E-state index in [1.54, 1.807) is 24.3 Å². The molecule has 0 spiro atoms. The Morgan fingerprint density at radius 3 is 2.27 bits per heavy atom. The molecule has 0 heterocycles. The van der Waals surface area contributed by atoms with E-state index in [0.717, 1.165) is 24.8 Å². The third-order valence-electron chi connectivity index (χ3n) is 5.80. The van der Waals surface area contributed by atoms with Gasteiger partial charge in [-0.15, -0.1) is 12.4 Å². The minimum absolute atomic E-state index is 0. The van der Waals surface area contributed by atoms with Gasteiger partial charge in [-0.1, -0.05) is 12.1 Å². The van der Waals surface area contributed by atoms with Crippen LogP contribution in [-0.4, -0.2) is 38.8 Å². The summed E-state index contributed by atoms with van der Waals surface area (Å²) in [4.78, 5) is 12.9. The summed E-state index contributed by atoms with van der Waals surface area (Å²) in [7, 11) is -0.430. The topological polar surface area (TPSA) is 92.5 Å². The second-order valence-corrected chi connectivity index (χ2v) is 9.67. The summed E-state index contributed by atoms with van der Waals surface area (Å²) in [5, 5.41) is 3.06. The van der Waals surface area contributed by atoms with Crippen LogP contribution in [0.2, 0.25) is 0 Å². The van der Waals surface area contributed by atoms with Crippen molar-refractivity contribution < 1.29 is 13.2 Å². The largest absolute Gasteiger partial charge is 0.349 e. The predicted octanol–water partition coefficient (Wildman–Crippen LogP) is 1.91. The Bertz CT molecular complexity index is 749. The molecule has 2 fully saturated rings. The minimum Gasteiger partial charge on any atom is -0.349 e. The summed E-state index contributed by atoms with van der Waals surface area (Å²) >= 11 is 0. The molecule has 5 atom stereocenters. The molecule has 3 rings (SSSR count). The van der Waals surface area contributed by atoms with E-state index in [-0.39, 0.29) is 41.2 Å². The van der Waals surface area contributed by atoms with Gasteiger partial charge in [0.2, 0.25) is 15.9 Å². The smallest absolute Gasteiger partial charge is 0.242 e.